The number of carbonyl (C=O) groups is 1. The topological polar surface area (TPSA) is 51.7 Å². The molecule has 1 fully saturated rings. The van der Waals surface area contributed by atoms with Gasteiger partial charge in [-0.05, 0) is 60.7 Å². The van der Waals surface area contributed by atoms with Crippen LogP contribution >= 0.6 is 0 Å². The summed E-state index contributed by atoms with van der Waals surface area (Å²) in [7, 11) is 3.96. The molecule has 4 rings (SSSR count). The minimum Gasteiger partial charge on any atom is -0.378 e. The van der Waals surface area contributed by atoms with Crippen LogP contribution in [0.15, 0.2) is 72.9 Å². The summed E-state index contributed by atoms with van der Waals surface area (Å²) in [6.45, 7) is 3.78. The minimum absolute atomic E-state index is 0.1000. The molecule has 1 saturated heterocycles. The Balaban J connectivity index is 1.33. The second-order valence-electron chi connectivity index (χ2n) is 7.60. The molecule has 0 saturated carbocycles. The zero-order valence-electron chi connectivity index (χ0n) is 17.5. The largest absolute Gasteiger partial charge is 0.378 e. The maximum Gasteiger partial charge on any atom is 0.255 e. The molecule has 0 atom stereocenters. The van der Waals surface area contributed by atoms with Crippen LogP contribution in [0.3, 0.4) is 0 Å². The molecule has 1 aromatic heterocycles. The molecule has 1 amide bonds. The van der Waals surface area contributed by atoms with Gasteiger partial charge in [-0.3, -0.25) is 4.79 Å². The fourth-order valence-corrected chi connectivity index (χ4v) is 3.60. The lowest BCUT2D eigenvalue weighted by molar-refractivity contribution is 0.102. The number of nitrogens with one attached hydrogen (secondary N) is 1. The summed E-state index contributed by atoms with van der Waals surface area (Å²) in [5.74, 6) is 0.936. The zero-order valence-corrected chi connectivity index (χ0v) is 17.5. The molecule has 2 aromatic carbocycles. The number of nitrogens with zero attached hydrogens (tertiary/aromatic N) is 4. The first kappa shape index (κ1) is 19.8. The van der Waals surface area contributed by atoms with E-state index in [0.29, 0.717) is 5.56 Å². The molecule has 0 aliphatic carbocycles. The molecule has 0 unspecified atom stereocenters. The van der Waals surface area contributed by atoms with Gasteiger partial charge in [0.25, 0.3) is 5.91 Å². The van der Waals surface area contributed by atoms with Crippen molar-refractivity contribution in [2.45, 2.75) is 0 Å². The number of rotatable bonds is 5. The number of aromatic nitrogens is 1. The number of hydrogen-bond donors (Lipinski definition) is 1. The molecule has 0 radical (unpaired) electrons. The lowest BCUT2D eigenvalue weighted by atomic mass is 10.1. The van der Waals surface area contributed by atoms with Crippen LogP contribution in [0.2, 0.25) is 0 Å². The predicted octanol–water partition coefficient (Wildman–Crippen LogP) is 3.73. The van der Waals surface area contributed by atoms with Crippen molar-refractivity contribution >= 4 is 28.8 Å². The van der Waals surface area contributed by atoms with Crippen molar-refractivity contribution in [2.24, 2.45) is 0 Å². The van der Waals surface area contributed by atoms with E-state index in [9.17, 15) is 4.79 Å². The summed E-state index contributed by atoms with van der Waals surface area (Å²) in [5, 5.41) is 2.98. The third kappa shape index (κ3) is 4.54. The van der Waals surface area contributed by atoms with Gasteiger partial charge in [0.1, 0.15) is 5.82 Å². The van der Waals surface area contributed by atoms with Crippen molar-refractivity contribution in [1.82, 2.24) is 4.98 Å². The van der Waals surface area contributed by atoms with Gasteiger partial charge in [0.15, 0.2) is 0 Å². The lowest BCUT2D eigenvalue weighted by Gasteiger charge is -2.36. The fourth-order valence-electron chi connectivity index (χ4n) is 3.60. The van der Waals surface area contributed by atoms with Gasteiger partial charge in [-0.25, -0.2) is 4.98 Å². The highest BCUT2D eigenvalue weighted by Crippen LogP contribution is 2.22. The normalized spacial score (nSPS) is 13.8. The maximum atomic E-state index is 12.5. The van der Waals surface area contributed by atoms with Gasteiger partial charge in [-0.2, -0.15) is 0 Å². The van der Waals surface area contributed by atoms with E-state index in [2.05, 4.69) is 38.3 Å². The van der Waals surface area contributed by atoms with Gasteiger partial charge in [0.2, 0.25) is 0 Å². The predicted molar refractivity (Wildman–Crippen MR) is 124 cm³/mol. The number of pyridine rings is 1. The Morgan fingerprint density at radius 2 is 1.53 bits per heavy atom. The van der Waals surface area contributed by atoms with Crippen LogP contribution in [0, 0.1) is 0 Å². The van der Waals surface area contributed by atoms with Gasteiger partial charge >= 0.3 is 0 Å². The van der Waals surface area contributed by atoms with Gasteiger partial charge in [0, 0.05) is 69.1 Å². The molecule has 30 heavy (non-hydrogen) atoms. The number of piperazine rings is 1. The molecule has 0 bridgehead atoms. The van der Waals surface area contributed by atoms with E-state index in [-0.39, 0.29) is 5.91 Å². The Kier molecular flexibility index (Phi) is 5.84. The SMILES string of the molecule is CN(C)c1ccc(C(=O)Nc2ccc(N3CCN(c4ccccn4)CC3)cc2)cc1. The fraction of sp³-hybridized carbons (Fsp3) is 0.250. The quantitative estimate of drug-likeness (QED) is 0.706. The maximum absolute atomic E-state index is 12.5. The molecule has 3 aromatic rings. The summed E-state index contributed by atoms with van der Waals surface area (Å²) in [5.41, 5.74) is 3.69. The molecule has 2 heterocycles. The second kappa shape index (κ2) is 8.86. The van der Waals surface area contributed by atoms with Crippen LogP contribution in [0.5, 0.6) is 0 Å². The Labute approximate surface area is 177 Å². The molecule has 6 heteroatoms. The number of carbonyl (C=O) groups excluding carboxylic acids is 1. The summed E-state index contributed by atoms with van der Waals surface area (Å²) in [6, 6.07) is 21.7. The van der Waals surface area contributed by atoms with E-state index in [0.717, 1.165) is 43.4 Å². The molecule has 6 nitrogen and oxygen atoms in total. The summed E-state index contributed by atoms with van der Waals surface area (Å²) in [6.07, 6.45) is 1.84. The lowest BCUT2D eigenvalue weighted by Crippen LogP contribution is -2.46. The van der Waals surface area contributed by atoms with E-state index >= 15 is 0 Å². The van der Waals surface area contributed by atoms with Crippen molar-refractivity contribution in [3.8, 4) is 0 Å². The summed E-state index contributed by atoms with van der Waals surface area (Å²) < 4.78 is 0. The Morgan fingerprint density at radius 1 is 0.867 bits per heavy atom. The first-order valence-corrected chi connectivity index (χ1v) is 10.2. The third-order valence-electron chi connectivity index (χ3n) is 5.39. The van der Waals surface area contributed by atoms with Crippen LogP contribution in [0.1, 0.15) is 10.4 Å². The van der Waals surface area contributed by atoms with Crippen LogP contribution in [0.25, 0.3) is 0 Å². The minimum atomic E-state index is -0.1000. The van der Waals surface area contributed by atoms with Gasteiger partial charge in [-0.15, -0.1) is 0 Å². The monoisotopic (exact) mass is 401 g/mol. The highest BCUT2D eigenvalue weighted by atomic mass is 16.1. The Hall–Kier alpha value is -3.54. The van der Waals surface area contributed by atoms with Crippen molar-refractivity contribution in [1.29, 1.82) is 0 Å². The van der Waals surface area contributed by atoms with E-state index in [1.165, 1.54) is 5.69 Å². The zero-order chi connectivity index (χ0) is 20.9. The molecule has 0 spiro atoms. The number of benzene rings is 2. The van der Waals surface area contributed by atoms with Gasteiger partial charge < -0.3 is 20.0 Å². The number of amides is 1. The molecular formula is C24H27N5O. The summed E-state index contributed by atoms with van der Waals surface area (Å²) >= 11 is 0. The number of anilines is 4. The first-order valence-electron chi connectivity index (χ1n) is 10.2. The average Bonchev–Trinajstić information content (AvgIpc) is 2.80. The van der Waals surface area contributed by atoms with Crippen LogP contribution < -0.4 is 20.0 Å². The molecule has 154 valence electrons. The number of hydrogen-bond acceptors (Lipinski definition) is 5. The average molecular weight is 402 g/mol. The molecule has 1 aliphatic heterocycles. The van der Waals surface area contributed by atoms with Gasteiger partial charge in [-0.1, -0.05) is 6.07 Å². The highest BCUT2D eigenvalue weighted by molar-refractivity contribution is 6.04. The van der Waals surface area contributed by atoms with Crippen LogP contribution in [0.4, 0.5) is 22.9 Å². The van der Waals surface area contributed by atoms with Crippen molar-refractivity contribution < 1.29 is 4.79 Å². The van der Waals surface area contributed by atoms with Crippen molar-refractivity contribution in [3.63, 3.8) is 0 Å². The van der Waals surface area contributed by atoms with Crippen LogP contribution in [-0.2, 0) is 0 Å². The summed E-state index contributed by atoms with van der Waals surface area (Å²) in [4.78, 5) is 23.6. The standard InChI is InChI=1S/C24H27N5O/c1-27(2)21-10-6-19(7-11-21)24(30)26-20-8-12-22(13-9-20)28-15-17-29(18-16-28)23-5-3-4-14-25-23/h3-14H,15-18H2,1-2H3,(H,26,30). The second-order valence-corrected chi connectivity index (χ2v) is 7.60. The molecular weight excluding hydrogens is 374 g/mol. The smallest absolute Gasteiger partial charge is 0.255 e. The third-order valence-corrected chi connectivity index (χ3v) is 5.39. The Bertz CT molecular complexity index is 963. The highest BCUT2D eigenvalue weighted by Gasteiger charge is 2.18. The molecule has 1 N–H and O–H groups in total. The van der Waals surface area contributed by atoms with Crippen molar-refractivity contribution in [3.05, 3.63) is 78.5 Å². The van der Waals surface area contributed by atoms with E-state index < -0.39 is 0 Å². The van der Waals surface area contributed by atoms with Crippen molar-refractivity contribution in [2.75, 3.05) is 60.3 Å². The van der Waals surface area contributed by atoms with E-state index in [1.54, 1.807) is 0 Å². The van der Waals surface area contributed by atoms with E-state index in [4.69, 9.17) is 0 Å². The molecule has 1 aliphatic rings. The first-order chi connectivity index (χ1) is 14.6. The Morgan fingerprint density at radius 3 is 2.13 bits per heavy atom. The van der Waals surface area contributed by atoms with E-state index in [1.807, 2.05) is 73.7 Å². The van der Waals surface area contributed by atoms with Gasteiger partial charge in [0.05, 0.1) is 0 Å². The van der Waals surface area contributed by atoms with Crippen LogP contribution in [-0.4, -0.2) is 51.2 Å².